The fourth-order valence-corrected chi connectivity index (χ4v) is 2.96. The molecule has 2 heterocycles. The van der Waals surface area contributed by atoms with E-state index in [9.17, 15) is 9.59 Å². The van der Waals surface area contributed by atoms with Crippen LogP contribution in [0.25, 0.3) is 11.2 Å². The summed E-state index contributed by atoms with van der Waals surface area (Å²) in [5, 5.41) is 10.8. The van der Waals surface area contributed by atoms with E-state index in [1.165, 1.54) is 16.5 Å². The number of carbonyl (C=O) groups excluding carboxylic acids is 1. The van der Waals surface area contributed by atoms with Crippen LogP contribution in [-0.2, 0) is 17.9 Å². The molecule has 1 N–H and O–H groups in total. The molecule has 0 aliphatic rings. The summed E-state index contributed by atoms with van der Waals surface area (Å²) in [6, 6.07) is 15.5. The number of benzene rings is 2. The Bertz CT molecular complexity index is 1220. The third-order valence-electron chi connectivity index (χ3n) is 4.59. The Balaban J connectivity index is 1.53. The number of aryl methyl sites for hydroxylation is 2. The molecule has 8 heteroatoms. The molecule has 0 unspecified atom stereocenters. The van der Waals surface area contributed by atoms with Gasteiger partial charge in [0, 0.05) is 5.69 Å². The largest absolute Gasteiger partial charge is 0.325 e. The molecule has 0 atom stereocenters. The fraction of sp³-hybridized carbons (Fsp3) is 0.190. The molecule has 4 aromatic rings. The Kier molecular flexibility index (Phi) is 4.90. The minimum absolute atomic E-state index is 0.141. The molecule has 0 aliphatic heterocycles. The van der Waals surface area contributed by atoms with Gasteiger partial charge in [0.25, 0.3) is 5.56 Å². The summed E-state index contributed by atoms with van der Waals surface area (Å²) in [6.07, 6.45) is 1.36. The summed E-state index contributed by atoms with van der Waals surface area (Å²) in [4.78, 5) is 29.3. The van der Waals surface area contributed by atoms with Crippen molar-refractivity contribution in [2.24, 2.45) is 0 Å². The Morgan fingerprint density at radius 1 is 1.00 bits per heavy atom. The third-order valence-corrected chi connectivity index (χ3v) is 4.59. The molecule has 2 aromatic heterocycles. The van der Waals surface area contributed by atoms with Gasteiger partial charge in [0.2, 0.25) is 5.91 Å². The average molecular weight is 388 g/mol. The van der Waals surface area contributed by atoms with E-state index in [2.05, 4.69) is 20.6 Å². The van der Waals surface area contributed by atoms with Crippen molar-refractivity contribution in [1.29, 1.82) is 0 Å². The van der Waals surface area contributed by atoms with E-state index in [1.54, 1.807) is 4.68 Å². The molecule has 8 nitrogen and oxygen atoms in total. The normalized spacial score (nSPS) is 11.0. The van der Waals surface area contributed by atoms with E-state index in [0.717, 1.165) is 11.1 Å². The first-order valence-electron chi connectivity index (χ1n) is 9.20. The maximum atomic E-state index is 12.7. The molecule has 0 saturated carbocycles. The van der Waals surface area contributed by atoms with Crippen molar-refractivity contribution in [1.82, 2.24) is 24.5 Å². The first-order valence-corrected chi connectivity index (χ1v) is 9.20. The number of aromatic nitrogens is 5. The highest BCUT2D eigenvalue weighted by Crippen LogP contribution is 2.10. The number of hydrogen-bond donors (Lipinski definition) is 1. The van der Waals surface area contributed by atoms with Crippen LogP contribution in [0.5, 0.6) is 0 Å². The number of amides is 1. The van der Waals surface area contributed by atoms with Gasteiger partial charge in [-0.3, -0.25) is 14.2 Å². The Labute approximate surface area is 166 Å². The van der Waals surface area contributed by atoms with E-state index in [4.69, 9.17) is 0 Å². The van der Waals surface area contributed by atoms with Crippen molar-refractivity contribution in [3.05, 3.63) is 81.9 Å². The van der Waals surface area contributed by atoms with Gasteiger partial charge in [0.05, 0.1) is 6.54 Å². The molecule has 0 fully saturated rings. The molecule has 146 valence electrons. The SMILES string of the molecule is Cc1ccc(Cn2nnc3c(=O)n(CC(=O)Nc4ccc(C)cc4)cnc32)cc1. The highest BCUT2D eigenvalue weighted by molar-refractivity contribution is 5.90. The second-order valence-corrected chi connectivity index (χ2v) is 7.00. The molecule has 29 heavy (non-hydrogen) atoms. The lowest BCUT2D eigenvalue weighted by molar-refractivity contribution is -0.116. The summed E-state index contributed by atoms with van der Waals surface area (Å²) in [7, 11) is 0. The molecule has 4 rings (SSSR count). The van der Waals surface area contributed by atoms with Crippen LogP contribution in [-0.4, -0.2) is 30.5 Å². The summed E-state index contributed by atoms with van der Waals surface area (Å²) < 4.78 is 2.81. The van der Waals surface area contributed by atoms with Gasteiger partial charge >= 0.3 is 0 Å². The monoisotopic (exact) mass is 388 g/mol. The van der Waals surface area contributed by atoms with Gasteiger partial charge in [-0.1, -0.05) is 52.7 Å². The highest BCUT2D eigenvalue weighted by atomic mass is 16.2. The zero-order chi connectivity index (χ0) is 20.4. The van der Waals surface area contributed by atoms with Crippen LogP contribution in [0.2, 0.25) is 0 Å². The standard InChI is InChI=1S/C21H20N6O2/c1-14-3-7-16(8-4-14)11-27-20-19(24-25-27)21(29)26(13-22-20)12-18(28)23-17-9-5-15(2)6-10-17/h3-10,13H,11-12H2,1-2H3,(H,23,28). The quantitative estimate of drug-likeness (QED) is 0.566. The predicted octanol–water partition coefficient (Wildman–Crippen LogP) is 2.29. The van der Waals surface area contributed by atoms with E-state index < -0.39 is 5.56 Å². The maximum Gasteiger partial charge on any atom is 0.283 e. The third kappa shape index (κ3) is 4.06. The molecule has 0 saturated heterocycles. The predicted molar refractivity (Wildman–Crippen MR) is 110 cm³/mol. The number of hydrogen-bond acceptors (Lipinski definition) is 5. The number of anilines is 1. The smallest absolute Gasteiger partial charge is 0.283 e. The van der Waals surface area contributed by atoms with Crippen LogP contribution in [0.4, 0.5) is 5.69 Å². The van der Waals surface area contributed by atoms with Crippen molar-refractivity contribution in [2.45, 2.75) is 26.9 Å². The van der Waals surface area contributed by atoms with E-state index in [0.29, 0.717) is 17.9 Å². The number of nitrogens with zero attached hydrogens (tertiary/aromatic N) is 5. The van der Waals surface area contributed by atoms with Crippen LogP contribution in [0.15, 0.2) is 59.7 Å². The second kappa shape index (κ2) is 7.67. The van der Waals surface area contributed by atoms with Crippen molar-refractivity contribution >= 4 is 22.8 Å². The van der Waals surface area contributed by atoms with E-state index in [-0.39, 0.29) is 18.0 Å². The first-order chi connectivity index (χ1) is 14.0. The lowest BCUT2D eigenvalue weighted by Crippen LogP contribution is -2.28. The van der Waals surface area contributed by atoms with Crippen LogP contribution >= 0.6 is 0 Å². The maximum absolute atomic E-state index is 12.7. The van der Waals surface area contributed by atoms with Crippen LogP contribution in [0, 0.1) is 13.8 Å². The number of carbonyl (C=O) groups is 1. The summed E-state index contributed by atoms with van der Waals surface area (Å²) in [5.41, 5.74) is 4.11. The second-order valence-electron chi connectivity index (χ2n) is 7.00. The minimum atomic E-state index is -0.399. The van der Waals surface area contributed by atoms with Gasteiger partial charge in [0.15, 0.2) is 11.2 Å². The Morgan fingerprint density at radius 2 is 1.66 bits per heavy atom. The number of fused-ring (bicyclic) bond motifs is 1. The molecule has 2 aromatic carbocycles. The van der Waals surface area contributed by atoms with Crippen molar-refractivity contribution < 1.29 is 4.79 Å². The summed E-state index contributed by atoms with van der Waals surface area (Å²) in [6.45, 7) is 4.30. The van der Waals surface area contributed by atoms with Crippen molar-refractivity contribution in [3.8, 4) is 0 Å². The topological polar surface area (TPSA) is 94.7 Å². The van der Waals surface area contributed by atoms with Gasteiger partial charge in [0.1, 0.15) is 12.9 Å². The average Bonchev–Trinajstić information content (AvgIpc) is 3.11. The Hall–Kier alpha value is -3.81. The first kappa shape index (κ1) is 18.5. The van der Waals surface area contributed by atoms with E-state index in [1.807, 2.05) is 62.4 Å². The van der Waals surface area contributed by atoms with Gasteiger partial charge in [-0.2, -0.15) is 0 Å². The van der Waals surface area contributed by atoms with E-state index >= 15 is 0 Å². The van der Waals surface area contributed by atoms with Gasteiger partial charge < -0.3 is 5.32 Å². The lowest BCUT2D eigenvalue weighted by atomic mass is 10.1. The zero-order valence-electron chi connectivity index (χ0n) is 16.2. The fourth-order valence-electron chi connectivity index (χ4n) is 2.96. The van der Waals surface area contributed by atoms with Gasteiger partial charge in [-0.05, 0) is 31.5 Å². The molecule has 0 bridgehead atoms. The van der Waals surface area contributed by atoms with Crippen LogP contribution < -0.4 is 10.9 Å². The molecular formula is C21H20N6O2. The van der Waals surface area contributed by atoms with Crippen LogP contribution in [0.1, 0.15) is 16.7 Å². The molecular weight excluding hydrogens is 368 g/mol. The molecule has 0 radical (unpaired) electrons. The highest BCUT2D eigenvalue weighted by Gasteiger charge is 2.14. The summed E-state index contributed by atoms with van der Waals surface area (Å²) in [5.74, 6) is -0.316. The lowest BCUT2D eigenvalue weighted by Gasteiger charge is -2.07. The Morgan fingerprint density at radius 3 is 2.34 bits per heavy atom. The molecule has 0 aliphatic carbocycles. The van der Waals surface area contributed by atoms with Crippen molar-refractivity contribution in [3.63, 3.8) is 0 Å². The molecule has 0 spiro atoms. The van der Waals surface area contributed by atoms with Crippen molar-refractivity contribution in [2.75, 3.05) is 5.32 Å². The van der Waals surface area contributed by atoms with Crippen LogP contribution in [0.3, 0.4) is 0 Å². The van der Waals surface area contributed by atoms with Gasteiger partial charge in [-0.15, -0.1) is 5.10 Å². The van der Waals surface area contributed by atoms with Gasteiger partial charge in [-0.25, -0.2) is 9.67 Å². The zero-order valence-corrected chi connectivity index (χ0v) is 16.2. The number of rotatable bonds is 5. The molecule has 1 amide bonds. The minimum Gasteiger partial charge on any atom is -0.325 e. The summed E-state index contributed by atoms with van der Waals surface area (Å²) >= 11 is 0. The number of nitrogens with one attached hydrogen (secondary N) is 1.